The van der Waals surface area contributed by atoms with Gasteiger partial charge in [0, 0.05) is 24.8 Å². The quantitative estimate of drug-likeness (QED) is 0.748. The summed E-state index contributed by atoms with van der Waals surface area (Å²) in [7, 11) is 0. The molecule has 0 aromatic heterocycles. The van der Waals surface area contributed by atoms with Crippen LogP contribution >= 0.6 is 0 Å². The van der Waals surface area contributed by atoms with Crippen molar-refractivity contribution in [1.29, 1.82) is 0 Å². The topological polar surface area (TPSA) is 6.48 Å². The third kappa shape index (κ3) is 1.74. The smallest absolute Gasteiger partial charge is 0.0796 e. The van der Waals surface area contributed by atoms with Crippen molar-refractivity contribution in [1.82, 2.24) is 4.90 Å². The Balaban J connectivity index is 2.04. The Kier molecular flexibility index (Phi) is 2.86. The molecule has 0 aliphatic carbocycles. The first-order chi connectivity index (χ1) is 8.58. The molecule has 1 aromatic rings. The first kappa shape index (κ1) is 12.0. The second kappa shape index (κ2) is 4.27. The number of fused-ring (bicyclic) bond motifs is 2. The fraction of sp³-hybridized carbons (Fsp3) is 0.625. The molecular weight excluding hydrogens is 220 g/mol. The largest absolute Gasteiger partial charge is 0.352 e. The molecule has 2 nitrogen and oxygen atoms in total. The van der Waals surface area contributed by atoms with Crippen LogP contribution in [0.25, 0.3) is 0 Å². The van der Waals surface area contributed by atoms with Crippen molar-refractivity contribution < 1.29 is 0 Å². The van der Waals surface area contributed by atoms with E-state index < -0.39 is 0 Å². The van der Waals surface area contributed by atoms with Crippen LogP contribution in [0.4, 0.5) is 5.69 Å². The zero-order chi connectivity index (χ0) is 12.9. The molecular formula is C16H24N2. The van der Waals surface area contributed by atoms with Gasteiger partial charge < -0.3 is 4.90 Å². The van der Waals surface area contributed by atoms with Gasteiger partial charge in [-0.2, -0.15) is 0 Å². The van der Waals surface area contributed by atoms with Crippen LogP contribution in [-0.2, 0) is 0 Å². The van der Waals surface area contributed by atoms with E-state index in [1.165, 1.54) is 48.3 Å². The second-order valence-corrected chi connectivity index (χ2v) is 6.06. The maximum atomic E-state index is 2.67. The molecule has 0 amide bonds. The van der Waals surface area contributed by atoms with Crippen molar-refractivity contribution in [2.24, 2.45) is 0 Å². The maximum absolute atomic E-state index is 2.67. The van der Waals surface area contributed by atoms with E-state index in [1.807, 2.05) is 0 Å². The van der Waals surface area contributed by atoms with Gasteiger partial charge in [0.2, 0.25) is 0 Å². The second-order valence-electron chi connectivity index (χ2n) is 6.06. The zero-order valence-electron chi connectivity index (χ0n) is 12.0. The Morgan fingerprint density at radius 3 is 2.67 bits per heavy atom. The lowest BCUT2D eigenvalue weighted by atomic mass is 10.0. The zero-order valence-corrected chi connectivity index (χ0v) is 12.0. The Labute approximate surface area is 111 Å². The van der Waals surface area contributed by atoms with Crippen LogP contribution < -0.4 is 4.90 Å². The van der Waals surface area contributed by atoms with Crippen molar-refractivity contribution in [3.63, 3.8) is 0 Å². The van der Waals surface area contributed by atoms with Gasteiger partial charge in [0.05, 0.1) is 6.17 Å². The third-order valence-corrected chi connectivity index (χ3v) is 4.81. The van der Waals surface area contributed by atoms with E-state index in [0.717, 1.165) is 6.04 Å². The van der Waals surface area contributed by atoms with E-state index in [-0.39, 0.29) is 0 Å². The van der Waals surface area contributed by atoms with Gasteiger partial charge in [-0.25, -0.2) is 0 Å². The number of nitrogens with zero attached hydrogens (tertiary/aromatic N) is 2. The fourth-order valence-corrected chi connectivity index (χ4v) is 3.71. The highest BCUT2D eigenvalue weighted by Crippen LogP contribution is 2.36. The highest BCUT2D eigenvalue weighted by molar-refractivity contribution is 5.60. The molecule has 2 aliphatic rings. The lowest BCUT2D eigenvalue weighted by molar-refractivity contribution is 0.244. The summed E-state index contributed by atoms with van der Waals surface area (Å²) in [6.45, 7) is 11.6. The van der Waals surface area contributed by atoms with Gasteiger partial charge >= 0.3 is 0 Å². The molecule has 2 aliphatic heterocycles. The van der Waals surface area contributed by atoms with Gasteiger partial charge in [-0.1, -0.05) is 6.07 Å². The lowest BCUT2D eigenvalue weighted by Gasteiger charge is -2.31. The monoisotopic (exact) mass is 244 g/mol. The molecule has 2 fully saturated rings. The fourth-order valence-electron chi connectivity index (χ4n) is 3.71. The molecule has 0 saturated carbocycles. The minimum absolute atomic E-state index is 0.567. The summed E-state index contributed by atoms with van der Waals surface area (Å²) in [5, 5.41) is 0. The summed E-state index contributed by atoms with van der Waals surface area (Å²) in [4.78, 5) is 5.30. The molecule has 2 heteroatoms. The van der Waals surface area contributed by atoms with Crippen LogP contribution in [-0.4, -0.2) is 30.2 Å². The molecule has 2 bridgehead atoms. The van der Waals surface area contributed by atoms with Crippen molar-refractivity contribution in [2.45, 2.75) is 52.7 Å². The predicted octanol–water partition coefficient (Wildman–Crippen LogP) is 3.24. The minimum Gasteiger partial charge on any atom is -0.352 e. The van der Waals surface area contributed by atoms with Crippen LogP contribution in [0.2, 0.25) is 0 Å². The maximum Gasteiger partial charge on any atom is 0.0796 e. The number of rotatable bonds is 1. The van der Waals surface area contributed by atoms with E-state index >= 15 is 0 Å². The Bertz CT molecular complexity index is 464. The van der Waals surface area contributed by atoms with Gasteiger partial charge in [-0.15, -0.1) is 0 Å². The normalized spacial score (nSPS) is 30.9. The van der Waals surface area contributed by atoms with Crippen LogP contribution in [0.15, 0.2) is 12.1 Å². The first-order valence-corrected chi connectivity index (χ1v) is 7.18. The summed E-state index contributed by atoms with van der Waals surface area (Å²) in [6.07, 6.45) is 3.28. The van der Waals surface area contributed by atoms with Gasteiger partial charge in [-0.3, -0.25) is 4.90 Å². The molecule has 2 saturated heterocycles. The summed E-state index contributed by atoms with van der Waals surface area (Å²) in [5.74, 6) is 0. The predicted molar refractivity (Wildman–Crippen MR) is 77.2 cm³/mol. The summed E-state index contributed by atoms with van der Waals surface area (Å²) < 4.78 is 0. The van der Waals surface area contributed by atoms with E-state index in [1.54, 1.807) is 0 Å². The van der Waals surface area contributed by atoms with Crippen molar-refractivity contribution in [2.75, 3.05) is 18.0 Å². The number of aryl methyl sites for hydroxylation is 2. The Morgan fingerprint density at radius 2 is 1.94 bits per heavy atom. The van der Waals surface area contributed by atoms with Gasteiger partial charge in [0.25, 0.3) is 0 Å². The van der Waals surface area contributed by atoms with E-state index in [4.69, 9.17) is 0 Å². The molecule has 3 atom stereocenters. The SMILES string of the molecule is Cc1cc(C)c(C)c(N2C3CCCN(C3)[C@@H]2C)c1. The molecule has 3 rings (SSSR count). The van der Waals surface area contributed by atoms with Crippen molar-refractivity contribution >= 4 is 5.69 Å². The minimum atomic E-state index is 0.567. The van der Waals surface area contributed by atoms with Crippen LogP contribution in [0, 0.1) is 20.8 Å². The van der Waals surface area contributed by atoms with E-state index in [2.05, 4.69) is 49.6 Å². The van der Waals surface area contributed by atoms with Crippen LogP contribution in [0.5, 0.6) is 0 Å². The molecule has 2 unspecified atom stereocenters. The number of hydrogen-bond acceptors (Lipinski definition) is 2. The number of piperidine rings is 1. The van der Waals surface area contributed by atoms with E-state index in [9.17, 15) is 0 Å². The van der Waals surface area contributed by atoms with Gasteiger partial charge in [0.15, 0.2) is 0 Å². The standard InChI is InChI=1S/C16H24N2/c1-11-8-12(2)13(3)16(9-11)18-14(4)17-7-5-6-15(18)10-17/h8-9,14-15H,5-7,10H2,1-4H3/t14-,15?/m0/s1. The third-order valence-electron chi connectivity index (χ3n) is 4.81. The number of anilines is 1. The van der Waals surface area contributed by atoms with Crippen molar-refractivity contribution in [3.8, 4) is 0 Å². The lowest BCUT2D eigenvalue weighted by Crippen LogP contribution is -2.37. The van der Waals surface area contributed by atoms with Gasteiger partial charge in [0.1, 0.15) is 0 Å². The highest BCUT2D eigenvalue weighted by atomic mass is 15.4. The van der Waals surface area contributed by atoms with Crippen LogP contribution in [0.1, 0.15) is 36.5 Å². The molecule has 2 heterocycles. The Hall–Kier alpha value is -1.02. The average Bonchev–Trinajstić information content (AvgIpc) is 2.55. The van der Waals surface area contributed by atoms with Crippen molar-refractivity contribution in [3.05, 3.63) is 28.8 Å². The summed E-state index contributed by atoms with van der Waals surface area (Å²) >= 11 is 0. The molecule has 98 valence electrons. The molecule has 0 N–H and O–H groups in total. The van der Waals surface area contributed by atoms with E-state index in [0.29, 0.717) is 6.17 Å². The average molecular weight is 244 g/mol. The van der Waals surface area contributed by atoms with Gasteiger partial charge in [-0.05, 0) is 63.3 Å². The van der Waals surface area contributed by atoms with Crippen LogP contribution in [0.3, 0.4) is 0 Å². The molecule has 0 spiro atoms. The number of hydrogen-bond donors (Lipinski definition) is 0. The molecule has 0 radical (unpaired) electrons. The first-order valence-electron chi connectivity index (χ1n) is 7.18. The highest BCUT2D eigenvalue weighted by Gasteiger charge is 2.39. The Morgan fingerprint density at radius 1 is 1.17 bits per heavy atom. The summed E-state index contributed by atoms with van der Waals surface area (Å²) in [6, 6.07) is 5.40. The molecule has 1 aromatic carbocycles. The summed E-state index contributed by atoms with van der Waals surface area (Å²) in [5.41, 5.74) is 5.74. The molecule has 18 heavy (non-hydrogen) atoms. The number of benzene rings is 1.